The van der Waals surface area contributed by atoms with Crippen molar-refractivity contribution in [2.24, 2.45) is 0 Å². The number of rotatable bonds is 4. The Morgan fingerprint density at radius 3 is 3.00 bits per heavy atom. The maximum atomic E-state index is 11.8. The monoisotopic (exact) mass is 229 g/mol. The SMILES string of the molecule is C=C(CNC)Cn1c(=O)cnc2ccccc21. The van der Waals surface area contributed by atoms with Crippen LogP contribution in [0.3, 0.4) is 0 Å². The fourth-order valence-corrected chi connectivity index (χ4v) is 1.81. The van der Waals surface area contributed by atoms with E-state index in [-0.39, 0.29) is 5.56 Å². The third-order valence-corrected chi connectivity index (χ3v) is 2.56. The van der Waals surface area contributed by atoms with Crippen LogP contribution in [0.5, 0.6) is 0 Å². The topological polar surface area (TPSA) is 46.9 Å². The molecule has 0 unspecified atom stereocenters. The molecule has 0 atom stereocenters. The van der Waals surface area contributed by atoms with Crippen molar-refractivity contribution >= 4 is 11.0 Å². The number of aromatic nitrogens is 2. The molecule has 0 radical (unpaired) electrons. The van der Waals surface area contributed by atoms with Crippen molar-refractivity contribution in [1.82, 2.24) is 14.9 Å². The molecule has 2 rings (SSSR count). The second-order valence-electron chi connectivity index (χ2n) is 3.95. The van der Waals surface area contributed by atoms with Gasteiger partial charge >= 0.3 is 0 Å². The standard InChI is InChI=1S/C13H15N3O/c1-10(7-14-2)9-16-12-6-4-3-5-11(12)15-8-13(16)17/h3-6,8,14H,1,7,9H2,2H3. The summed E-state index contributed by atoms with van der Waals surface area (Å²) in [7, 11) is 1.86. The Balaban J connectivity index is 2.48. The molecule has 1 aromatic heterocycles. The van der Waals surface area contributed by atoms with Crippen LogP contribution < -0.4 is 10.9 Å². The van der Waals surface area contributed by atoms with Gasteiger partial charge in [-0.05, 0) is 24.8 Å². The highest BCUT2D eigenvalue weighted by Crippen LogP contribution is 2.09. The number of para-hydroxylation sites is 2. The summed E-state index contributed by atoms with van der Waals surface area (Å²) in [6, 6.07) is 7.61. The van der Waals surface area contributed by atoms with Crippen LogP contribution in [0, 0.1) is 0 Å². The molecule has 1 aromatic carbocycles. The van der Waals surface area contributed by atoms with Gasteiger partial charge in [0.25, 0.3) is 5.56 Å². The summed E-state index contributed by atoms with van der Waals surface area (Å²) < 4.78 is 1.70. The van der Waals surface area contributed by atoms with Gasteiger partial charge in [-0.15, -0.1) is 0 Å². The number of benzene rings is 1. The van der Waals surface area contributed by atoms with Crippen molar-refractivity contribution < 1.29 is 0 Å². The summed E-state index contributed by atoms with van der Waals surface area (Å²) in [6.45, 7) is 5.16. The van der Waals surface area contributed by atoms with Crippen LogP contribution in [0.1, 0.15) is 0 Å². The molecule has 0 aliphatic heterocycles. The summed E-state index contributed by atoms with van der Waals surface area (Å²) >= 11 is 0. The van der Waals surface area contributed by atoms with Gasteiger partial charge in [0.2, 0.25) is 0 Å². The normalized spacial score (nSPS) is 10.6. The first-order chi connectivity index (χ1) is 8.22. The highest BCUT2D eigenvalue weighted by atomic mass is 16.1. The van der Waals surface area contributed by atoms with E-state index in [4.69, 9.17) is 0 Å². The fourth-order valence-electron chi connectivity index (χ4n) is 1.81. The number of hydrogen-bond acceptors (Lipinski definition) is 3. The number of likely N-dealkylation sites (N-methyl/N-ethyl adjacent to an activating group) is 1. The van der Waals surface area contributed by atoms with Gasteiger partial charge < -0.3 is 9.88 Å². The van der Waals surface area contributed by atoms with Gasteiger partial charge in [0.15, 0.2) is 0 Å². The van der Waals surface area contributed by atoms with E-state index in [1.54, 1.807) is 4.57 Å². The third kappa shape index (κ3) is 2.42. The first-order valence-corrected chi connectivity index (χ1v) is 5.48. The van der Waals surface area contributed by atoms with E-state index < -0.39 is 0 Å². The molecule has 0 amide bonds. The molecule has 0 spiro atoms. The highest BCUT2D eigenvalue weighted by molar-refractivity contribution is 5.74. The second-order valence-corrected chi connectivity index (χ2v) is 3.95. The van der Waals surface area contributed by atoms with Crippen LogP contribution in [0.15, 0.2) is 47.4 Å². The van der Waals surface area contributed by atoms with Crippen molar-refractivity contribution in [3.63, 3.8) is 0 Å². The second kappa shape index (κ2) is 4.93. The molecule has 1 N–H and O–H groups in total. The lowest BCUT2D eigenvalue weighted by Gasteiger charge is -2.10. The van der Waals surface area contributed by atoms with E-state index in [2.05, 4.69) is 16.9 Å². The predicted molar refractivity (Wildman–Crippen MR) is 69.1 cm³/mol. The molecule has 2 aromatic rings. The lowest BCUT2D eigenvalue weighted by molar-refractivity contribution is 0.730. The van der Waals surface area contributed by atoms with Gasteiger partial charge in [0.05, 0.1) is 17.2 Å². The van der Waals surface area contributed by atoms with Gasteiger partial charge in [-0.3, -0.25) is 4.79 Å². The van der Waals surface area contributed by atoms with Crippen LogP contribution in [0.4, 0.5) is 0 Å². The van der Waals surface area contributed by atoms with Crippen LogP contribution in [0.2, 0.25) is 0 Å². The Morgan fingerprint density at radius 2 is 2.24 bits per heavy atom. The number of nitrogens with zero attached hydrogens (tertiary/aromatic N) is 2. The zero-order valence-corrected chi connectivity index (χ0v) is 9.81. The molecule has 0 saturated heterocycles. The van der Waals surface area contributed by atoms with E-state index in [9.17, 15) is 4.79 Å². The molecule has 4 nitrogen and oxygen atoms in total. The molecular formula is C13H15N3O. The summed E-state index contributed by atoms with van der Waals surface area (Å²) in [4.78, 5) is 15.9. The van der Waals surface area contributed by atoms with E-state index in [0.717, 1.165) is 16.6 Å². The quantitative estimate of drug-likeness (QED) is 0.801. The van der Waals surface area contributed by atoms with E-state index in [0.29, 0.717) is 13.1 Å². The maximum Gasteiger partial charge on any atom is 0.269 e. The van der Waals surface area contributed by atoms with E-state index >= 15 is 0 Å². The predicted octanol–water partition coefficient (Wildman–Crippen LogP) is 1.17. The Hall–Kier alpha value is -1.94. The van der Waals surface area contributed by atoms with Crippen LogP contribution in [0.25, 0.3) is 11.0 Å². The molecule has 4 heteroatoms. The van der Waals surface area contributed by atoms with Crippen LogP contribution in [-0.2, 0) is 6.54 Å². The lowest BCUT2D eigenvalue weighted by atomic mass is 10.2. The van der Waals surface area contributed by atoms with E-state index in [1.807, 2.05) is 31.3 Å². The zero-order chi connectivity index (χ0) is 12.3. The molecule has 0 bridgehead atoms. The summed E-state index contributed by atoms with van der Waals surface area (Å²) in [5.74, 6) is 0. The van der Waals surface area contributed by atoms with Gasteiger partial charge in [0, 0.05) is 13.1 Å². The van der Waals surface area contributed by atoms with Crippen molar-refractivity contribution in [1.29, 1.82) is 0 Å². The molecule has 0 aliphatic rings. The Kier molecular flexibility index (Phi) is 3.35. The molecule has 0 aliphatic carbocycles. The van der Waals surface area contributed by atoms with Gasteiger partial charge in [-0.25, -0.2) is 4.98 Å². The molecule has 1 heterocycles. The number of fused-ring (bicyclic) bond motifs is 1. The molecule has 0 saturated carbocycles. The molecule has 17 heavy (non-hydrogen) atoms. The van der Waals surface area contributed by atoms with Gasteiger partial charge in [-0.2, -0.15) is 0 Å². The smallest absolute Gasteiger partial charge is 0.269 e. The Morgan fingerprint density at radius 1 is 1.47 bits per heavy atom. The fraction of sp³-hybridized carbons (Fsp3) is 0.231. The largest absolute Gasteiger partial charge is 0.316 e. The highest BCUT2D eigenvalue weighted by Gasteiger charge is 2.04. The first-order valence-electron chi connectivity index (χ1n) is 5.48. The van der Waals surface area contributed by atoms with Gasteiger partial charge in [-0.1, -0.05) is 18.7 Å². The van der Waals surface area contributed by atoms with Gasteiger partial charge in [0.1, 0.15) is 0 Å². The number of hydrogen-bond donors (Lipinski definition) is 1. The average Bonchev–Trinajstić information content (AvgIpc) is 2.33. The average molecular weight is 229 g/mol. The summed E-state index contributed by atoms with van der Waals surface area (Å²) in [6.07, 6.45) is 1.36. The van der Waals surface area contributed by atoms with Crippen molar-refractivity contribution in [2.75, 3.05) is 13.6 Å². The van der Waals surface area contributed by atoms with E-state index in [1.165, 1.54) is 6.20 Å². The lowest BCUT2D eigenvalue weighted by Crippen LogP contribution is -2.23. The van der Waals surface area contributed by atoms with Crippen molar-refractivity contribution in [2.45, 2.75) is 6.54 Å². The van der Waals surface area contributed by atoms with Crippen LogP contribution in [-0.4, -0.2) is 23.1 Å². The molecule has 88 valence electrons. The maximum absolute atomic E-state index is 11.8. The minimum Gasteiger partial charge on any atom is -0.316 e. The van der Waals surface area contributed by atoms with Crippen molar-refractivity contribution in [3.05, 3.63) is 53.0 Å². The van der Waals surface area contributed by atoms with Crippen molar-refractivity contribution in [3.8, 4) is 0 Å². The summed E-state index contributed by atoms with van der Waals surface area (Å²) in [5, 5.41) is 3.02. The first kappa shape index (κ1) is 11.5. The number of nitrogens with one attached hydrogen (secondary N) is 1. The van der Waals surface area contributed by atoms with Crippen LogP contribution >= 0.6 is 0 Å². The zero-order valence-electron chi connectivity index (χ0n) is 9.81. The molecular weight excluding hydrogens is 214 g/mol. The third-order valence-electron chi connectivity index (χ3n) is 2.56. The molecule has 0 fully saturated rings. The summed E-state index contributed by atoms with van der Waals surface area (Å²) in [5.41, 5.74) is 2.54. The Bertz CT molecular complexity index is 601. The minimum absolute atomic E-state index is 0.0963. The Labute approximate surface area is 99.6 Å². The minimum atomic E-state index is -0.0963.